The van der Waals surface area contributed by atoms with Gasteiger partial charge in [-0.25, -0.2) is 14.6 Å². The summed E-state index contributed by atoms with van der Waals surface area (Å²) in [5, 5.41) is 14.4. The van der Waals surface area contributed by atoms with E-state index in [1.807, 2.05) is 57.7 Å². The van der Waals surface area contributed by atoms with Crippen molar-refractivity contribution in [1.82, 2.24) is 29.6 Å². The minimum atomic E-state index is -0.265. The Morgan fingerprint density at radius 2 is 1.94 bits per heavy atom. The van der Waals surface area contributed by atoms with E-state index in [9.17, 15) is 0 Å². The first-order valence-electron chi connectivity index (χ1n) is 10.7. The molecule has 0 spiro atoms. The van der Waals surface area contributed by atoms with Crippen molar-refractivity contribution in [2.24, 2.45) is 0 Å². The number of anilines is 1. The van der Waals surface area contributed by atoms with E-state index >= 15 is 0 Å². The molecule has 1 aromatic carbocycles. The molecule has 4 rings (SSSR count). The van der Waals surface area contributed by atoms with Crippen molar-refractivity contribution < 1.29 is 4.74 Å². The number of fused-ring (bicyclic) bond motifs is 1. The van der Waals surface area contributed by atoms with Gasteiger partial charge in [0, 0.05) is 36.4 Å². The Hall–Kier alpha value is -3.72. The normalized spacial score (nSPS) is 12.1. The number of ether oxygens (including phenoxy) is 1. The van der Waals surface area contributed by atoms with Crippen LogP contribution in [-0.4, -0.2) is 56.7 Å². The summed E-state index contributed by atoms with van der Waals surface area (Å²) in [5.74, 6) is 1.37. The van der Waals surface area contributed by atoms with Crippen LogP contribution in [0.25, 0.3) is 22.2 Å². The van der Waals surface area contributed by atoms with Gasteiger partial charge in [0.1, 0.15) is 29.4 Å². The van der Waals surface area contributed by atoms with Crippen molar-refractivity contribution in [1.29, 1.82) is 5.41 Å². The SMILES string of the molecule is COc1c(C(C)n2nc(C)c3c(N)ncnc32)cc(Cl)c(C)c1-c1ccnc(C(=N)N(C)C)c1. The third-order valence-electron chi connectivity index (χ3n) is 5.96. The van der Waals surface area contributed by atoms with Crippen LogP contribution in [0.5, 0.6) is 5.75 Å². The molecule has 1 unspecified atom stereocenters. The van der Waals surface area contributed by atoms with Crippen molar-refractivity contribution in [2.75, 3.05) is 26.9 Å². The number of nitrogens with one attached hydrogen (secondary N) is 1. The lowest BCUT2D eigenvalue weighted by atomic mass is 9.94. The fourth-order valence-corrected chi connectivity index (χ4v) is 4.35. The van der Waals surface area contributed by atoms with Gasteiger partial charge in [0.15, 0.2) is 5.65 Å². The predicted octanol–water partition coefficient (Wildman–Crippen LogP) is 4.25. The van der Waals surface area contributed by atoms with Gasteiger partial charge in [-0.15, -0.1) is 0 Å². The van der Waals surface area contributed by atoms with Gasteiger partial charge in [0.25, 0.3) is 0 Å². The monoisotopic (exact) mass is 478 g/mol. The Labute approximate surface area is 203 Å². The standard InChI is InChI=1S/C24H27ClN8O/c1-12-17(25)10-16(14(3)33-24-20(13(2)31-33)22(26)29-11-30-24)21(34-6)19(12)15-7-8-28-18(9-15)23(27)32(4)5/h7-11,14,27H,1-6H3,(H2,26,29,30). The summed E-state index contributed by atoms with van der Waals surface area (Å²) in [6.07, 6.45) is 3.13. The lowest BCUT2D eigenvalue weighted by Crippen LogP contribution is -2.22. The first kappa shape index (κ1) is 23.4. The van der Waals surface area contributed by atoms with E-state index in [-0.39, 0.29) is 6.04 Å². The number of nitrogens with two attached hydrogens (primary N) is 1. The van der Waals surface area contributed by atoms with Crippen LogP contribution in [0.15, 0.2) is 30.7 Å². The molecule has 176 valence electrons. The number of nitrogen functional groups attached to an aromatic ring is 1. The maximum atomic E-state index is 8.33. The molecular formula is C24H27ClN8O. The van der Waals surface area contributed by atoms with Gasteiger partial charge in [-0.3, -0.25) is 10.4 Å². The van der Waals surface area contributed by atoms with E-state index in [1.54, 1.807) is 18.2 Å². The molecule has 0 saturated carbocycles. The fourth-order valence-electron chi connectivity index (χ4n) is 4.14. The quantitative estimate of drug-likeness (QED) is 0.325. The highest BCUT2D eigenvalue weighted by atomic mass is 35.5. The first-order valence-corrected chi connectivity index (χ1v) is 11.1. The molecule has 3 N–H and O–H groups in total. The van der Waals surface area contributed by atoms with E-state index in [4.69, 9.17) is 32.6 Å². The zero-order valence-electron chi connectivity index (χ0n) is 20.0. The molecule has 0 aliphatic heterocycles. The highest BCUT2D eigenvalue weighted by molar-refractivity contribution is 6.32. The molecular weight excluding hydrogens is 452 g/mol. The summed E-state index contributed by atoms with van der Waals surface area (Å²) in [7, 11) is 5.27. The van der Waals surface area contributed by atoms with E-state index in [0.717, 1.165) is 33.3 Å². The summed E-state index contributed by atoms with van der Waals surface area (Å²) < 4.78 is 7.77. The number of amidine groups is 1. The fraction of sp³-hybridized carbons (Fsp3) is 0.292. The minimum absolute atomic E-state index is 0.265. The second kappa shape index (κ2) is 8.90. The van der Waals surface area contributed by atoms with E-state index in [0.29, 0.717) is 33.8 Å². The van der Waals surface area contributed by atoms with Gasteiger partial charge < -0.3 is 15.4 Å². The molecule has 4 aromatic rings. The van der Waals surface area contributed by atoms with Crippen molar-refractivity contribution >= 4 is 34.3 Å². The Balaban J connectivity index is 1.93. The number of rotatable bonds is 5. The van der Waals surface area contributed by atoms with Gasteiger partial charge in [-0.2, -0.15) is 5.10 Å². The molecule has 3 heterocycles. The van der Waals surface area contributed by atoms with E-state index < -0.39 is 0 Å². The van der Waals surface area contributed by atoms with E-state index in [1.165, 1.54) is 6.33 Å². The molecule has 1 atom stereocenters. The van der Waals surface area contributed by atoms with Crippen LogP contribution in [-0.2, 0) is 0 Å². The topological polar surface area (TPSA) is 119 Å². The second-order valence-corrected chi connectivity index (χ2v) is 8.72. The van der Waals surface area contributed by atoms with E-state index in [2.05, 4.69) is 15.0 Å². The zero-order chi connectivity index (χ0) is 24.7. The van der Waals surface area contributed by atoms with Crippen molar-refractivity contribution in [3.63, 3.8) is 0 Å². The Morgan fingerprint density at radius 1 is 1.21 bits per heavy atom. The maximum absolute atomic E-state index is 8.33. The summed E-state index contributed by atoms with van der Waals surface area (Å²) in [6, 6.07) is 5.41. The van der Waals surface area contributed by atoms with Gasteiger partial charge >= 0.3 is 0 Å². The number of methoxy groups -OCH3 is 1. The molecule has 0 aliphatic carbocycles. The van der Waals surface area contributed by atoms with Gasteiger partial charge in [-0.1, -0.05) is 11.6 Å². The summed E-state index contributed by atoms with van der Waals surface area (Å²) in [6.45, 7) is 5.85. The second-order valence-electron chi connectivity index (χ2n) is 8.32. The predicted molar refractivity (Wildman–Crippen MR) is 135 cm³/mol. The largest absolute Gasteiger partial charge is 0.496 e. The number of aryl methyl sites for hydroxylation is 1. The number of nitrogens with zero attached hydrogens (tertiary/aromatic N) is 6. The number of halogens is 1. The van der Waals surface area contributed by atoms with Crippen LogP contribution in [0.1, 0.15) is 35.5 Å². The number of aromatic nitrogens is 5. The number of hydrogen-bond donors (Lipinski definition) is 2. The molecule has 3 aromatic heterocycles. The molecule has 9 nitrogen and oxygen atoms in total. The highest BCUT2D eigenvalue weighted by Crippen LogP contribution is 2.43. The molecule has 0 bridgehead atoms. The minimum Gasteiger partial charge on any atom is -0.496 e. The van der Waals surface area contributed by atoms with Gasteiger partial charge in [-0.05, 0) is 50.1 Å². The van der Waals surface area contributed by atoms with Crippen LogP contribution in [0.4, 0.5) is 5.82 Å². The Kier molecular flexibility index (Phi) is 6.14. The summed E-state index contributed by atoms with van der Waals surface area (Å²) in [5.41, 5.74) is 11.5. The number of pyridine rings is 1. The number of benzene rings is 1. The lowest BCUT2D eigenvalue weighted by molar-refractivity contribution is 0.402. The van der Waals surface area contributed by atoms with Gasteiger partial charge in [0.2, 0.25) is 0 Å². The molecule has 0 radical (unpaired) electrons. The molecule has 0 amide bonds. The molecule has 0 aliphatic rings. The third-order valence-corrected chi connectivity index (χ3v) is 6.35. The molecule has 0 saturated heterocycles. The van der Waals surface area contributed by atoms with Crippen molar-refractivity contribution in [3.05, 3.63) is 58.3 Å². The van der Waals surface area contributed by atoms with Crippen molar-refractivity contribution in [2.45, 2.75) is 26.8 Å². The highest BCUT2D eigenvalue weighted by Gasteiger charge is 2.25. The molecule has 0 fully saturated rings. The molecule has 34 heavy (non-hydrogen) atoms. The Morgan fingerprint density at radius 3 is 2.62 bits per heavy atom. The van der Waals surface area contributed by atoms with Crippen LogP contribution in [0.2, 0.25) is 5.02 Å². The average Bonchev–Trinajstić information content (AvgIpc) is 3.17. The zero-order valence-corrected chi connectivity index (χ0v) is 20.8. The number of hydrogen-bond acceptors (Lipinski definition) is 7. The molecule has 10 heteroatoms. The lowest BCUT2D eigenvalue weighted by Gasteiger charge is -2.22. The smallest absolute Gasteiger partial charge is 0.164 e. The third kappa shape index (κ3) is 3.81. The van der Waals surface area contributed by atoms with Crippen LogP contribution in [0, 0.1) is 19.3 Å². The van der Waals surface area contributed by atoms with Crippen LogP contribution < -0.4 is 10.5 Å². The van der Waals surface area contributed by atoms with Crippen molar-refractivity contribution in [3.8, 4) is 16.9 Å². The first-order chi connectivity index (χ1) is 16.1. The maximum Gasteiger partial charge on any atom is 0.164 e. The van der Waals surface area contributed by atoms with Crippen LogP contribution >= 0.6 is 11.6 Å². The average molecular weight is 479 g/mol. The summed E-state index contributed by atoms with van der Waals surface area (Å²) in [4.78, 5) is 14.6. The Bertz CT molecular complexity index is 1410. The van der Waals surface area contributed by atoms with Crippen LogP contribution in [0.3, 0.4) is 0 Å². The van der Waals surface area contributed by atoms with Gasteiger partial charge in [0.05, 0.1) is 24.2 Å². The summed E-state index contributed by atoms with van der Waals surface area (Å²) >= 11 is 6.73.